The van der Waals surface area contributed by atoms with Gasteiger partial charge in [0.1, 0.15) is 16.5 Å². The molecule has 0 saturated carbocycles. The second-order valence-electron chi connectivity index (χ2n) is 8.12. The molecule has 3 heterocycles. The fraction of sp³-hybridized carbons (Fsp3) is 0.115. The zero-order valence-electron chi connectivity index (χ0n) is 19.9. The Morgan fingerprint density at radius 3 is 2.59 bits per heavy atom. The molecule has 39 heavy (non-hydrogen) atoms. The van der Waals surface area contributed by atoms with Gasteiger partial charge >= 0.3 is 6.18 Å². The number of halogens is 4. The van der Waals surface area contributed by atoms with Crippen LogP contribution in [0.1, 0.15) is 26.6 Å². The van der Waals surface area contributed by atoms with Crippen molar-refractivity contribution in [3.8, 4) is 17.1 Å². The van der Waals surface area contributed by atoms with Crippen molar-refractivity contribution < 1.29 is 22.4 Å². The quantitative estimate of drug-likeness (QED) is 0.178. The number of aromatic nitrogens is 5. The molecule has 0 aliphatic rings. The number of thioether (sulfide) groups is 1. The number of amides is 1. The van der Waals surface area contributed by atoms with Gasteiger partial charge in [0.05, 0.1) is 17.0 Å². The molecule has 13 heteroatoms. The fourth-order valence-corrected chi connectivity index (χ4v) is 5.38. The molecule has 0 saturated heterocycles. The lowest BCUT2D eigenvalue weighted by atomic mass is 10.1. The number of pyridine rings is 1. The third-order valence-corrected chi connectivity index (χ3v) is 7.45. The zero-order valence-corrected chi connectivity index (χ0v) is 21.5. The Kier molecular flexibility index (Phi) is 7.70. The van der Waals surface area contributed by atoms with E-state index in [1.807, 2.05) is 0 Å². The number of carbonyl (C=O) groups is 1. The molecule has 0 bridgehead atoms. The summed E-state index contributed by atoms with van der Waals surface area (Å²) < 4.78 is 55.2. The Morgan fingerprint density at radius 1 is 1.03 bits per heavy atom. The van der Waals surface area contributed by atoms with Gasteiger partial charge < -0.3 is 5.32 Å². The number of benzene rings is 2. The van der Waals surface area contributed by atoms with Crippen LogP contribution in [0.4, 0.5) is 17.6 Å². The number of para-hydroxylation sites is 1. The van der Waals surface area contributed by atoms with Gasteiger partial charge in [-0.1, -0.05) is 36.0 Å². The van der Waals surface area contributed by atoms with Crippen LogP contribution >= 0.6 is 23.1 Å². The molecular weight excluding hydrogens is 552 g/mol. The number of hydrogen-bond donors (Lipinski definition) is 1. The van der Waals surface area contributed by atoms with Gasteiger partial charge in [-0.25, -0.2) is 9.37 Å². The summed E-state index contributed by atoms with van der Waals surface area (Å²) in [7, 11) is 0. The minimum absolute atomic E-state index is 0.0755. The molecule has 0 atom stereocenters. The summed E-state index contributed by atoms with van der Waals surface area (Å²) in [5, 5.41) is 13.7. The molecule has 1 N–H and O–H groups in total. The maximum absolute atomic E-state index is 14.8. The normalized spacial score (nSPS) is 11.5. The van der Waals surface area contributed by atoms with Gasteiger partial charge in [0, 0.05) is 29.9 Å². The molecule has 0 aliphatic carbocycles. The summed E-state index contributed by atoms with van der Waals surface area (Å²) in [4.78, 5) is 20.9. The van der Waals surface area contributed by atoms with Crippen molar-refractivity contribution in [3.05, 3.63) is 106 Å². The number of nitrogens with zero attached hydrogens (tertiary/aromatic N) is 5. The number of nitrogens with one attached hydrogen (secondary N) is 1. The Balaban J connectivity index is 1.29. The van der Waals surface area contributed by atoms with E-state index in [1.165, 1.54) is 41.3 Å². The highest BCUT2D eigenvalue weighted by molar-refractivity contribution is 7.98. The minimum Gasteiger partial charge on any atom is -0.347 e. The molecule has 0 aliphatic heterocycles. The van der Waals surface area contributed by atoms with Crippen molar-refractivity contribution in [1.82, 2.24) is 30.0 Å². The van der Waals surface area contributed by atoms with Gasteiger partial charge in [-0.2, -0.15) is 13.2 Å². The second kappa shape index (κ2) is 11.3. The summed E-state index contributed by atoms with van der Waals surface area (Å²) in [5.41, 5.74) is 0.682. The zero-order chi connectivity index (χ0) is 27.4. The highest BCUT2D eigenvalue weighted by Crippen LogP contribution is 2.32. The molecule has 198 valence electrons. The molecule has 1 amide bonds. The molecule has 0 fully saturated rings. The molecule has 7 nitrogen and oxygen atoms in total. The van der Waals surface area contributed by atoms with Gasteiger partial charge in [0.2, 0.25) is 0 Å². The van der Waals surface area contributed by atoms with Gasteiger partial charge in [0.25, 0.3) is 5.91 Å². The average molecular weight is 571 g/mol. The van der Waals surface area contributed by atoms with Crippen LogP contribution in [-0.4, -0.2) is 30.6 Å². The predicted octanol–water partition coefficient (Wildman–Crippen LogP) is 6.17. The molecule has 3 aromatic heterocycles. The van der Waals surface area contributed by atoms with Crippen molar-refractivity contribution in [2.75, 3.05) is 0 Å². The average Bonchev–Trinajstić information content (AvgIpc) is 3.58. The Morgan fingerprint density at radius 2 is 1.82 bits per heavy atom. The maximum Gasteiger partial charge on any atom is 0.416 e. The number of rotatable bonds is 8. The van der Waals surface area contributed by atoms with E-state index in [9.17, 15) is 22.4 Å². The summed E-state index contributed by atoms with van der Waals surface area (Å²) >= 11 is 2.53. The van der Waals surface area contributed by atoms with E-state index < -0.39 is 23.5 Å². The van der Waals surface area contributed by atoms with Crippen LogP contribution in [0.2, 0.25) is 0 Å². The lowest BCUT2D eigenvalue weighted by Gasteiger charge is -2.10. The van der Waals surface area contributed by atoms with Crippen LogP contribution in [0.5, 0.6) is 0 Å². The SMILES string of the molecule is O=C(NCc1cccc(C(F)(F)F)c1)c1csc(CSc2nnc(-c3ccncc3)n2-c2ccccc2F)n1. The first-order valence-electron chi connectivity index (χ1n) is 11.4. The first kappa shape index (κ1) is 26.5. The van der Waals surface area contributed by atoms with Gasteiger partial charge in [-0.15, -0.1) is 21.5 Å². The van der Waals surface area contributed by atoms with Crippen molar-refractivity contribution in [2.24, 2.45) is 0 Å². The van der Waals surface area contributed by atoms with E-state index in [2.05, 4.69) is 25.5 Å². The third kappa shape index (κ3) is 6.15. The molecule has 0 unspecified atom stereocenters. The predicted molar refractivity (Wildman–Crippen MR) is 139 cm³/mol. The van der Waals surface area contributed by atoms with E-state index in [1.54, 1.807) is 52.7 Å². The van der Waals surface area contributed by atoms with Crippen molar-refractivity contribution >= 4 is 29.0 Å². The molecule has 5 aromatic rings. The topological polar surface area (TPSA) is 85.6 Å². The largest absolute Gasteiger partial charge is 0.416 e. The van der Waals surface area contributed by atoms with Crippen LogP contribution in [0.15, 0.2) is 83.6 Å². The summed E-state index contributed by atoms with van der Waals surface area (Å²) in [6.07, 6.45) is -1.24. The lowest BCUT2D eigenvalue weighted by molar-refractivity contribution is -0.137. The van der Waals surface area contributed by atoms with E-state index in [0.717, 1.165) is 12.1 Å². The summed E-state index contributed by atoms with van der Waals surface area (Å²) in [6, 6.07) is 14.6. The lowest BCUT2D eigenvalue weighted by Crippen LogP contribution is -2.23. The van der Waals surface area contributed by atoms with E-state index in [-0.39, 0.29) is 17.9 Å². The maximum atomic E-state index is 14.8. The summed E-state index contributed by atoms with van der Waals surface area (Å²) in [6.45, 7) is -0.0755. The molecular formula is C26H18F4N6OS2. The van der Waals surface area contributed by atoms with Crippen LogP contribution in [0.3, 0.4) is 0 Å². The van der Waals surface area contributed by atoms with Crippen LogP contribution in [0.25, 0.3) is 17.1 Å². The van der Waals surface area contributed by atoms with Gasteiger partial charge in [-0.3, -0.25) is 14.3 Å². The highest BCUT2D eigenvalue weighted by Gasteiger charge is 2.30. The third-order valence-electron chi connectivity index (χ3n) is 5.48. The van der Waals surface area contributed by atoms with Gasteiger partial charge in [0.15, 0.2) is 11.0 Å². The van der Waals surface area contributed by atoms with E-state index in [0.29, 0.717) is 32.9 Å². The van der Waals surface area contributed by atoms with E-state index >= 15 is 0 Å². The van der Waals surface area contributed by atoms with Crippen LogP contribution in [0, 0.1) is 5.82 Å². The molecule has 0 radical (unpaired) electrons. The monoisotopic (exact) mass is 570 g/mol. The van der Waals surface area contributed by atoms with E-state index in [4.69, 9.17) is 0 Å². The summed E-state index contributed by atoms with van der Waals surface area (Å²) in [5.74, 6) is -0.175. The van der Waals surface area contributed by atoms with Gasteiger partial charge in [-0.05, 0) is 42.0 Å². The minimum atomic E-state index is -4.46. The van der Waals surface area contributed by atoms with Crippen molar-refractivity contribution in [3.63, 3.8) is 0 Å². The Bertz CT molecular complexity index is 1600. The molecule has 0 spiro atoms. The first-order chi connectivity index (χ1) is 18.8. The molecule has 5 rings (SSSR count). The van der Waals surface area contributed by atoms with Crippen LogP contribution < -0.4 is 5.32 Å². The van der Waals surface area contributed by atoms with Crippen molar-refractivity contribution in [1.29, 1.82) is 0 Å². The van der Waals surface area contributed by atoms with Crippen molar-refractivity contribution in [2.45, 2.75) is 23.6 Å². The number of hydrogen-bond acceptors (Lipinski definition) is 7. The van der Waals surface area contributed by atoms with Crippen LogP contribution in [-0.2, 0) is 18.5 Å². The highest BCUT2D eigenvalue weighted by atomic mass is 32.2. The fourth-order valence-electron chi connectivity index (χ4n) is 3.64. The Labute approximate surface area is 228 Å². The number of carbonyl (C=O) groups excluding carboxylic acids is 1. The molecule has 2 aromatic carbocycles. The standard InChI is InChI=1S/C26H18F4N6OS2/c27-19-6-1-2-7-21(19)36-23(17-8-10-31-11-9-17)34-35-25(36)39-15-22-33-20(14-38-22)24(37)32-13-16-4-3-5-18(12-16)26(28,29)30/h1-12,14H,13,15H2,(H,32,37). The number of thiazole rings is 1. The second-order valence-corrected chi connectivity index (χ2v) is 10.0. The number of alkyl halides is 3. The first-order valence-corrected chi connectivity index (χ1v) is 13.3. The smallest absolute Gasteiger partial charge is 0.347 e. The Hall–Kier alpha value is -4.10.